The molecule has 0 spiro atoms. The van der Waals surface area contributed by atoms with Gasteiger partial charge < -0.3 is 9.79 Å². The van der Waals surface area contributed by atoms with Gasteiger partial charge in [0.05, 0.1) is 0 Å². The van der Waals surface area contributed by atoms with E-state index in [1.54, 1.807) is 0 Å². The summed E-state index contributed by atoms with van der Waals surface area (Å²) in [6.45, 7) is 15.4. The van der Waals surface area contributed by atoms with E-state index in [2.05, 4.69) is 84.9 Å². The van der Waals surface area contributed by atoms with Crippen LogP contribution in [0.25, 0.3) is 0 Å². The molecule has 0 saturated carbocycles. The van der Waals surface area contributed by atoms with Crippen molar-refractivity contribution >= 4 is 8.60 Å². The average Bonchev–Trinajstić information content (AvgIpc) is 2.71. The maximum absolute atomic E-state index is 10.2. The second-order valence-electron chi connectivity index (χ2n) is 10.9. The Hall–Kier alpha value is -1.25. The van der Waals surface area contributed by atoms with Gasteiger partial charge in [-0.25, -0.2) is 0 Å². The first-order valence-electron chi connectivity index (χ1n) is 12.0. The van der Waals surface area contributed by atoms with Crippen LogP contribution in [0.4, 0.5) is 0 Å². The highest BCUT2D eigenvalue weighted by atomic mass is 31.2. The van der Waals surface area contributed by atoms with Crippen molar-refractivity contribution in [2.24, 2.45) is 0 Å². The third-order valence-electron chi connectivity index (χ3n) is 6.21. The molecule has 0 fully saturated rings. The maximum atomic E-state index is 10.2. The Morgan fingerprint density at radius 2 is 1.06 bits per heavy atom. The molecular formula is C28H43O3P. The van der Waals surface area contributed by atoms with Crippen LogP contribution in [0.15, 0.2) is 48.5 Å². The van der Waals surface area contributed by atoms with Gasteiger partial charge in [-0.05, 0) is 45.9 Å². The fraction of sp³-hybridized carbons (Fsp3) is 0.571. The molecule has 0 atom stereocenters. The molecule has 0 radical (unpaired) electrons. The van der Waals surface area contributed by atoms with Gasteiger partial charge in [-0.15, -0.1) is 0 Å². The Morgan fingerprint density at radius 3 is 1.44 bits per heavy atom. The Morgan fingerprint density at radius 1 is 0.656 bits per heavy atom. The molecule has 3 nitrogen and oxygen atoms in total. The molecule has 0 aliphatic rings. The molecular weight excluding hydrogens is 415 g/mol. The van der Waals surface area contributed by atoms with Crippen LogP contribution in [0.5, 0.6) is 0 Å². The smallest absolute Gasteiger partial charge is 0.328 e. The normalized spacial score (nSPS) is 13.1. The first kappa shape index (κ1) is 27.0. The van der Waals surface area contributed by atoms with Crippen molar-refractivity contribution in [2.75, 3.05) is 0 Å². The Balaban J connectivity index is 2.79. The van der Waals surface area contributed by atoms with E-state index >= 15 is 0 Å². The quantitative estimate of drug-likeness (QED) is 0.279. The molecule has 0 aromatic heterocycles. The highest BCUT2D eigenvalue weighted by Gasteiger charge is 2.43. The summed E-state index contributed by atoms with van der Waals surface area (Å²) in [5, 5.41) is 0. The van der Waals surface area contributed by atoms with E-state index in [-0.39, 0.29) is 10.8 Å². The van der Waals surface area contributed by atoms with Crippen LogP contribution in [0, 0.1) is 0 Å². The van der Waals surface area contributed by atoms with Crippen molar-refractivity contribution in [3.63, 3.8) is 0 Å². The van der Waals surface area contributed by atoms with Crippen LogP contribution >= 0.6 is 8.60 Å². The summed E-state index contributed by atoms with van der Waals surface area (Å²) < 4.78 is 6.26. The molecule has 0 bridgehead atoms. The van der Waals surface area contributed by atoms with Gasteiger partial charge in [-0.1, -0.05) is 123 Å². The molecule has 0 unspecified atom stereocenters. The SMILES string of the molecule is CCCCCCCC(OP(O)O)(c1ccccc1C(C)(C)C)c1ccccc1C(C)(C)C. The van der Waals surface area contributed by atoms with E-state index < -0.39 is 14.2 Å². The first-order valence-corrected chi connectivity index (χ1v) is 13.2. The van der Waals surface area contributed by atoms with Gasteiger partial charge in [0.25, 0.3) is 0 Å². The zero-order chi connectivity index (χ0) is 24.0. The summed E-state index contributed by atoms with van der Waals surface area (Å²) >= 11 is 0. The maximum Gasteiger partial charge on any atom is 0.328 e. The lowest BCUT2D eigenvalue weighted by molar-refractivity contribution is 0.0756. The van der Waals surface area contributed by atoms with E-state index in [1.807, 2.05) is 12.1 Å². The number of hydrogen-bond acceptors (Lipinski definition) is 3. The first-order chi connectivity index (χ1) is 14.9. The molecule has 0 aliphatic heterocycles. The van der Waals surface area contributed by atoms with Crippen molar-refractivity contribution in [1.29, 1.82) is 0 Å². The summed E-state index contributed by atoms with van der Waals surface area (Å²) in [4.78, 5) is 20.5. The molecule has 0 heterocycles. The second kappa shape index (κ2) is 11.3. The van der Waals surface area contributed by atoms with Crippen molar-refractivity contribution < 1.29 is 14.3 Å². The van der Waals surface area contributed by atoms with Gasteiger partial charge in [0.15, 0.2) is 0 Å². The molecule has 2 aromatic carbocycles. The van der Waals surface area contributed by atoms with E-state index in [0.29, 0.717) is 6.42 Å². The summed E-state index contributed by atoms with van der Waals surface area (Å²) in [6.07, 6.45) is 6.36. The molecule has 178 valence electrons. The molecule has 0 aliphatic carbocycles. The minimum Gasteiger partial charge on any atom is -0.328 e. The number of hydrogen-bond donors (Lipinski definition) is 2. The molecule has 2 rings (SSSR count). The van der Waals surface area contributed by atoms with E-state index in [1.165, 1.54) is 30.4 Å². The highest BCUT2D eigenvalue weighted by Crippen LogP contribution is 2.51. The van der Waals surface area contributed by atoms with Crippen LogP contribution < -0.4 is 0 Å². The zero-order valence-electron chi connectivity index (χ0n) is 21.1. The lowest BCUT2D eigenvalue weighted by Crippen LogP contribution is -2.36. The molecule has 0 amide bonds. The summed E-state index contributed by atoms with van der Waals surface area (Å²) in [5.41, 5.74) is 3.28. The monoisotopic (exact) mass is 458 g/mol. The van der Waals surface area contributed by atoms with Gasteiger partial charge >= 0.3 is 8.60 Å². The van der Waals surface area contributed by atoms with Crippen LogP contribution in [0.1, 0.15) is 109 Å². The van der Waals surface area contributed by atoms with Gasteiger partial charge in [0.1, 0.15) is 5.60 Å². The number of unbranched alkanes of at least 4 members (excludes halogenated alkanes) is 4. The molecule has 32 heavy (non-hydrogen) atoms. The molecule has 4 heteroatoms. The second-order valence-corrected chi connectivity index (χ2v) is 11.6. The van der Waals surface area contributed by atoms with Crippen LogP contribution in [0.2, 0.25) is 0 Å². The largest absolute Gasteiger partial charge is 0.328 e. The predicted molar refractivity (Wildman–Crippen MR) is 137 cm³/mol. The fourth-order valence-electron chi connectivity index (χ4n) is 4.65. The zero-order valence-corrected chi connectivity index (χ0v) is 22.0. The Labute approximate surface area is 197 Å². The summed E-state index contributed by atoms with van der Waals surface area (Å²) in [5.74, 6) is 0. The van der Waals surface area contributed by atoms with Gasteiger partial charge in [-0.3, -0.25) is 4.52 Å². The number of rotatable bonds is 10. The third-order valence-corrected chi connectivity index (χ3v) is 6.69. The standard InChI is InChI=1S/C28H43O3P/c1-8-9-10-11-16-21-28(31-32(29)30,24-19-14-12-17-22(24)26(2,3)4)25-20-15-13-18-23(25)27(5,6)7/h12-15,17-20,29-30H,8-11,16,21H2,1-7H3. The van der Waals surface area contributed by atoms with E-state index in [0.717, 1.165) is 24.0 Å². The Bertz CT molecular complexity index is 789. The summed E-state index contributed by atoms with van der Waals surface area (Å²) in [7, 11) is -2.56. The van der Waals surface area contributed by atoms with Crippen molar-refractivity contribution in [3.8, 4) is 0 Å². The Kier molecular flexibility index (Phi) is 9.49. The van der Waals surface area contributed by atoms with Crippen LogP contribution in [0.3, 0.4) is 0 Å². The highest BCUT2D eigenvalue weighted by molar-refractivity contribution is 7.39. The molecule has 2 N–H and O–H groups in total. The van der Waals surface area contributed by atoms with Gasteiger partial charge in [0, 0.05) is 0 Å². The van der Waals surface area contributed by atoms with Gasteiger partial charge in [0.2, 0.25) is 0 Å². The van der Waals surface area contributed by atoms with E-state index in [9.17, 15) is 9.79 Å². The van der Waals surface area contributed by atoms with Crippen LogP contribution in [-0.4, -0.2) is 9.79 Å². The summed E-state index contributed by atoms with van der Waals surface area (Å²) in [6, 6.07) is 16.7. The van der Waals surface area contributed by atoms with Gasteiger partial charge in [-0.2, -0.15) is 0 Å². The van der Waals surface area contributed by atoms with Crippen molar-refractivity contribution in [1.82, 2.24) is 0 Å². The topological polar surface area (TPSA) is 49.7 Å². The third kappa shape index (κ3) is 6.64. The van der Waals surface area contributed by atoms with E-state index in [4.69, 9.17) is 4.52 Å². The fourth-order valence-corrected chi connectivity index (χ4v) is 5.22. The van der Waals surface area contributed by atoms with Crippen molar-refractivity contribution in [3.05, 3.63) is 70.8 Å². The lowest BCUT2D eigenvalue weighted by Gasteiger charge is -2.41. The lowest BCUT2D eigenvalue weighted by atomic mass is 9.70. The number of benzene rings is 2. The minimum absolute atomic E-state index is 0.113. The van der Waals surface area contributed by atoms with Crippen LogP contribution in [-0.2, 0) is 21.0 Å². The predicted octanol–water partition coefficient (Wildman–Crippen LogP) is 8.11. The molecule has 2 aromatic rings. The minimum atomic E-state index is -2.56. The average molecular weight is 459 g/mol. The molecule has 0 saturated heterocycles. The van der Waals surface area contributed by atoms with Crippen molar-refractivity contribution in [2.45, 2.75) is 103 Å².